The Morgan fingerprint density at radius 1 is 1.39 bits per heavy atom. The van der Waals surface area contributed by atoms with E-state index in [9.17, 15) is 4.79 Å². The molecule has 7 nitrogen and oxygen atoms in total. The van der Waals surface area contributed by atoms with Crippen LogP contribution in [0.2, 0.25) is 0 Å². The molecule has 2 aromatic heterocycles. The third-order valence-electron chi connectivity index (χ3n) is 3.12. The normalized spacial score (nSPS) is 10.7. The Labute approximate surface area is 136 Å². The van der Waals surface area contributed by atoms with Gasteiger partial charge in [-0.2, -0.15) is 5.10 Å². The van der Waals surface area contributed by atoms with Crippen molar-refractivity contribution in [3.8, 4) is 10.6 Å². The summed E-state index contributed by atoms with van der Waals surface area (Å²) in [5.41, 5.74) is 2.02. The molecule has 0 atom stereocenters. The predicted octanol–water partition coefficient (Wildman–Crippen LogP) is 1.95. The lowest BCUT2D eigenvalue weighted by atomic mass is 10.2. The van der Waals surface area contributed by atoms with Gasteiger partial charge in [0.1, 0.15) is 10.0 Å². The van der Waals surface area contributed by atoms with E-state index in [1.165, 1.54) is 22.2 Å². The molecule has 2 N–H and O–H groups in total. The highest BCUT2D eigenvalue weighted by Gasteiger charge is 2.10. The Hall–Kier alpha value is -2.58. The van der Waals surface area contributed by atoms with Crippen LogP contribution in [0.4, 0.5) is 5.69 Å². The van der Waals surface area contributed by atoms with Gasteiger partial charge in [-0.05, 0) is 19.1 Å². The second-order valence-electron chi connectivity index (χ2n) is 4.88. The van der Waals surface area contributed by atoms with Gasteiger partial charge in [0, 0.05) is 17.4 Å². The number of nitrogens with zero attached hydrogens (tertiary/aromatic N) is 4. The molecule has 0 aliphatic rings. The van der Waals surface area contributed by atoms with E-state index in [4.69, 9.17) is 5.11 Å². The highest BCUT2D eigenvalue weighted by Crippen LogP contribution is 2.25. The molecule has 3 rings (SSSR count). The molecule has 0 saturated heterocycles. The van der Waals surface area contributed by atoms with Crippen molar-refractivity contribution in [1.82, 2.24) is 20.0 Å². The number of carbonyl (C=O) groups excluding carboxylic acids is 1. The maximum Gasteiger partial charge on any atom is 0.258 e. The van der Waals surface area contributed by atoms with Gasteiger partial charge in [-0.25, -0.2) is 0 Å². The molecule has 118 valence electrons. The molecule has 0 aliphatic carbocycles. The summed E-state index contributed by atoms with van der Waals surface area (Å²) in [6, 6.07) is 7.45. The molecule has 1 amide bonds. The van der Waals surface area contributed by atoms with Crippen molar-refractivity contribution in [2.45, 2.75) is 13.5 Å². The fourth-order valence-corrected chi connectivity index (χ4v) is 2.74. The highest BCUT2D eigenvalue weighted by molar-refractivity contribution is 7.14. The second-order valence-corrected chi connectivity index (χ2v) is 6.06. The largest absolute Gasteiger partial charge is 0.394 e. The molecule has 0 spiro atoms. The van der Waals surface area contributed by atoms with E-state index in [-0.39, 0.29) is 12.5 Å². The minimum atomic E-state index is -0.250. The lowest BCUT2D eigenvalue weighted by molar-refractivity contribution is 0.102. The first-order valence-corrected chi connectivity index (χ1v) is 7.82. The van der Waals surface area contributed by atoms with E-state index in [0.29, 0.717) is 17.8 Å². The molecule has 0 bridgehead atoms. The molecule has 23 heavy (non-hydrogen) atoms. The van der Waals surface area contributed by atoms with Gasteiger partial charge in [0.15, 0.2) is 0 Å². The van der Waals surface area contributed by atoms with E-state index >= 15 is 0 Å². The Bertz CT molecular complexity index is 827. The number of aromatic nitrogens is 4. The number of amides is 1. The summed E-state index contributed by atoms with van der Waals surface area (Å²) in [6.45, 7) is 2.24. The van der Waals surface area contributed by atoms with E-state index in [0.717, 1.165) is 15.6 Å². The van der Waals surface area contributed by atoms with Crippen molar-refractivity contribution in [1.29, 1.82) is 0 Å². The van der Waals surface area contributed by atoms with Crippen LogP contribution in [-0.4, -0.2) is 37.6 Å². The molecule has 0 radical (unpaired) electrons. The maximum absolute atomic E-state index is 12.2. The van der Waals surface area contributed by atoms with Crippen LogP contribution in [0.1, 0.15) is 15.4 Å². The number of nitrogens with one attached hydrogen (secondary N) is 1. The summed E-state index contributed by atoms with van der Waals surface area (Å²) < 4.78 is 1.52. The monoisotopic (exact) mass is 329 g/mol. The Balaban J connectivity index is 1.75. The Morgan fingerprint density at radius 2 is 2.26 bits per heavy atom. The van der Waals surface area contributed by atoms with Gasteiger partial charge in [-0.1, -0.05) is 23.5 Å². The van der Waals surface area contributed by atoms with Crippen LogP contribution in [0.5, 0.6) is 0 Å². The summed E-state index contributed by atoms with van der Waals surface area (Å²) in [4.78, 5) is 12.2. The standard InChI is InChI=1S/C15H15N5O2S/c1-10-18-19-15(23-10)11-3-2-4-13(7-11)17-14(22)12-8-16-20(9-12)5-6-21/h2-4,7-9,21H,5-6H2,1H3,(H,17,22). The number of benzene rings is 1. The molecule has 8 heteroatoms. The van der Waals surface area contributed by atoms with Crippen molar-refractivity contribution in [3.05, 3.63) is 47.2 Å². The third kappa shape index (κ3) is 3.61. The van der Waals surface area contributed by atoms with Gasteiger partial charge in [0.25, 0.3) is 5.91 Å². The fourth-order valence-electron chi connectivity index (χ4n) is 2.05. The molecular weight excluding hydrogens is 314 g/mol. The van der Waals surface area contributed by atoms with Crippen LogP contribution in [0, 0.1) is 6.92 Å². The number of aryl methyl sites for hydroxylation is 1. The maximum atomic E-state index is 12.2. The van der Waals surface area contributed by atoms with Crippen molar-refractivity contribution in [2.75, 3.05) is 11.9 Å². The zero-order chi connectivity index (χ0) is 16.2. The minimum Gasteiger partial charge on any atom is -0.394 e. The summed E-state index contributed by atoms with van der Waals surface area (Å²) in [5.74, 6) is -0.250. The third-order valence-corrected chi connectivity index (χ3v) is 4.01. The summed E-state index contributed by atoms with van der Waals surface area (Å²) >= 11 is 1.50. The Kier molecular flexibility index (Phi) is 4.45. The topological polar surface area (TPSA) is 92.9 Å². The fraction of sp³-hybridized carbons (Fsp3) is 0.200. The van der Waals surface area contributed by atoms with Crippen molar-refractivity contribution >= 4 is 22.9 Å². The summed E-state index contributed by atoms with van der Waals surface area (Å²) in [7, 11) is 0. The summed E-state index contributed by atoms with van der Waals surface area (Å²) in [6.07, 6.45) is 3.08. The molecule has 2 heterocycles. The van der Waals surface area contributed by atoms with Gasteiger partial charge in [-0.3, -0.25) is 9.48 Å². The van der Waals surface area contributed by atoms with Crippen LogP contribution < -0.4 is 5.32 Å². The SMILES string of the molecule is Cc1nnc(-c2cccc(NC(=O)c3cnn(CCO)c3)c2)s1. The van der Waals surface area contributed by atoms with Crippen LogP contribution in [0.25, 0.3) is 10.6 Å². The predicted molar refractivity (Wildman–Crippen MR) is 87.3 cm³/mol. The van der Waals surface area contributed by atoms with Crippen LogP contribution in [0.15, 0.2) is 36.7 Å². The second kappa shape index (κ2) is 6.67. The number of aliphatic hydroxyl groups is 1. The number of rotatable bonds is 5. The van der Waals surface area contributed by atoms with Gasteiger partial charge in [-0.15, -0.1) is 10.2 Å². The quantitative estimate of drug-likeness (QED) is 0.746. The molecule has 3 aromatic rings. The number of hydrogen-bond acceptors (Lipinski definition) is 6. The Morgan fingerprint density at radius 3 is 3.00 bits per heavy atom. The lowest BCUT2D eigenvalue weighted by Gasteiger charge is -2.05. The van der Waals surface area contributed by atoms with Crippen molar-refractivity contribution < 1.29 is 9.90 Å². The van der Waals surface area contributed by atoms with Crippen LogP contribution in [-0.2, 0) is 6.54 Å². The summed E-state index contributed by atoms with van der Waals surface area (Å²) in [5, 5.41) is 25.5. The van der Waals surface area contributed by atoms with Crippen molar-refractivity contribution in [3.63, 3.8) is 0 Å². The molecular formula is C15H15N5O2S. The van der Waals surface area contributed by atoms with Crippen LogP contribution in [0.3, 0.4) is 0 Å². The molecule has 0 aliphatic heterocycles. The van der Waals surface area contributed by atoms with E-state index < -0.39 is 0 Å². The zero-order valence-corrected chi connectivity index (χ0v) is 13.2. The highest BCUT2D eigenvalue weighted by atomic mass is 32.1. The molecule has 0 saturated carbocycles. The van der Waals surface area contributed by atoms with E-state index in [2.05, 4.69) is 20.6 Å². The zero-order valence-electron chi connectivity index (χ0n) is 12.4. The molecule has 0 fully saturated rings. The number of anilines is 1. The first-order chi connectivity index (χ1) is 11.2. The van der Waals surface area contributed by atoms with Gasteiger partial charge in [0.2, 0.25) is 0 Å². The minimum absolute atomic E-state index is 0.0218. The number of carbonyl (C=O) groups is 1. The smallest absolute Gasteiger partial charge is 0.258 e. The van der Waals surface area contributed by atoms with Crippen LogP contribution >= 0.6 is 11.3 Å². The van der Waals surface area contributed by atoms with Gasteiger partial charge < -0.3 is 10.4 Å². The average molecular weight is 329 g/mol. The molecule has 1 aromatic carbocycles. The van der Waals surface area contributed by atoms with E-state index in [1.807, 2.05) is 31.2 Å². The van der Waals surface area contributed by atoms with E-state index in [1.54, 1.807) is 6.20 Å². The first-order valence-electron chi connectivity index (χ1n) is 7.01. The van der Waals surface area contributed by atoms with Gasteiger partial charge >= 0.3 is 0 Å². The lowest BCUT2D eigenvalue weighted by Crippen LogP contribution is -2.11. The van der Waals surface area contributed by atoms with Crippen molar-refractivity contribution in [2.24, 2.45) is 0 Å². The number of hydrogen-bond donors (Lipinski definition) is 2. The average Bonchev–Trinajstić information content (AvgIpc) is 3.17. The number of aliphatic hydroxyl groups excluding tert-OH is 1. The van der Waals surface area contributed by atoms with Gasteiger partial charge in [0.05, 0.1) is 24.9 Å². The first kappa shape index (κ1) is 15.3. The molecule has 0 unspecified atom stereocenters.